The minimum Gasteiger partial charge on any atom is -0.319 e. The van der Waals surface area contributed by atoms with Crippen LogP contribution in [0.5, 0.6) is 0 Å². The molecule has 0 saturated heterocycles. The normalized spacial score (nSPS) is 10.7. The van der Waals surface area contributed by atoms with Crippen LogP contribution in [0.2, 0.25) is 0 Å². The van der Waals surface area contributed by atoms with Crippen LogP contribution >= 0.6 is 11.3 Å². The van der Waals surface area contributed by atoms with Crippen LogP contribution in [0.3, 0.4) is 0 Å². The Kier molecular flexibility index (Phi) is 4.20. The summed E-state index contributed by atoms with van der Waals surface area (Å²) in [6, 6.07) is 4.60. The Morgan fingerprint density at radius 3 is 2.65 bits per heavy atom. The van der Waals surface area contributed by atoms with Gasteiger partial charge in [-0.1, -0.05) is 6.92 Å². The molecule has 3 rings (SSSR count). The molecule has 23 heavy (non-hydrogen) atoms. The van der Waals surface area contributed by atoms with E-state index in [-0.39, 0.29) is 5.56 Å². The number of thiophene rings is 1. The van der Waals surface area contributed by atoms with Gasteiger partial charge in [0.25, 0.3) is 5.91 Å². The second-order valence-corrected chi connectivity index (χ2v) is 5.68. The lowest BCUT2D eigenvalue weighted by atomic mass is 10.1. The quantitative estimate of drug-likeness (QED) is 0.750. The molecule has 1 amide bonds. The topological polar surface area (TPSA) is 57.8 Å². The number of halogens is 2. The average molecular weight is 333 g/mol. The maximum absolute atomic E-state index is 13.3. The molecule has 0 spiro atoms. The molecule has 2 heterocycles. The number of carbonyl (C=O) groups excluding carboxylic acids is 1. The van der Waals surface area contributed by atoms with Gasteiger partial charge in [0, 0.05) is 22.6 Å². The number of aryl methyl sites for hydroxylation is 1. The number of hydrogen-bond donors (Lipinski definition) is 2. The second-order valence-electron chi connectivity index (χ2n) is 4.90. The monoisotopic (exact) mass is 333 g/mol. The van der Waals surface area contributed by atoms with Gasteiger partial charge < -0.3 is 5.32 Å². The zero-order valence-electron chi connectivity index (χ0n) is 12.2. The van der Waals surface area contributed by atoms with Crippen molar-refractivity contribution in [2.75, 3.05) is 5.32 Å². The number of anilines is 1. The highest BCUT2D eigenvalue weighted by atomic mass is 32.1. The molecule has 0 aliphatic carbocycles. The highest BCUT2D eigenvalue weighted by molar-refractivity contribution is 7.08. The molecule has 0 atom stereocenters. The van der Waals surface area contributed by atoms with Crippen molar-refractivity contribution in [3.63, 3.8) is 0 Å². The highest BCUT2D eigenvalue weighted by Gasteiger charge is 2.18. The maximum atomic E-state index is 13.3. The van der Waals surface area contributed by atoms with E-state index >= 15 is 0 Å². The van der Waals surface area contributed by atoms with Gasteiger partial charge in [-0.15, -0.1) is 0 Å². The standard InChI is InChI=1S/C16H13F2N3OS/c1-2-13-15(14(21-20-13)9-3-4-23-8-9)19-16(22)10-5-11(17)7-12(18)6-10/h3-8H,2H2,1H3,(H,19,22)(H,20,21). The average Bonchev–Trinajstić information content (AvgIpc) is 3.14. The molecular weight excluding hydrogens is 320 g/mol. The summed E-state index contributed by atoms with van der Waals surface area (Å²) >= 11 is 1.51. The van der Waals surface area contributed by atoms with Gasteiger partial charge in [-0.25, -0.2) is 8.78 Å². The van der Waals surface area contributed by atoms with Crippen LogP contribution in [0.4, 0.5) is 14.5 Å². The number of hydrogen-bond acceptors (Lipinski definition) is 3. The summed E-state index contributed by atoms with van der Waals surface area (Å²) in [6.07, 6.45) is 0.629. The summed E-state index contributed by atoms with van der Waals surface area (Å²) in [4.78, 5) is 12.3. The molecular formula is C16H13F2N3OS. The van der Waals surface area contributed by atoms with E-state index in [0.717, 1.165) is 29.5 Å². The Morgan fingerprint density at radius 2 is 2.04 bits per heavy atom. The first-order valence-electron chi connectivity index (χ1n) is 6.95. The van der Waals surface area contributed by atoms with Crippen LogP contribution in [0.1, 0.15) is 23.0 Å². The number of carbonyl (C=O) groups is 1. The number of benzene rings is 1. The highest BCUT2D eigenvalue weighted by Crippen LogP contribution is 2.31. The molecule has 7 heteroatoms. The molecule has 118 valence electrons. The fourth-order valence-electron chi connectivity index (χ4n) is 2.25. The molecule has 2 N–H and O–H groups in total. The molecule has 0 fully saturated rings. The number of nitrogens with one attached hydrogen (secondary N) is 2. The Labute approximate surface area is 135 Å². The predicted octanol–water partition coefficient (Wildman–Crippen LogP) is 4.23. The van der Waals surface area contributed by atoms with Gasteiger partial charge in [0.05, 0.1) is 11.4 Å². The Hall–Kier alpha value is -2.54. The first-order valence-corrected chi connectivity index (χ1v) is 7.90. The predicted molar refractivity (Wildman–Crippen MR) is 85.6 cm³/mol. The molecule has 0 radical (unpaired) electrons. The summed E-state index contributed by atoms with van der Waals surface area (Å²) in [5, 5.41) is 13.6. The zero-order valence-corrected chi connectivity index (χ0v) is 13.0. The Morgan fingerprint density at radius 1 is 1.30 bits per heavy atom. The van der Waals surface area contributed by atoms with Crippen LogP contribution in [0.25, 0.3) is 11.3 Å². The number of aromatic amines is 1. The molecule has 0 unspecified atom stereocenters. The van der Waals surface area contributed by atoms with Gasteiger partial charge >= 0.3 is 0 Å². The summed E-state index contributed by atoms with van der Waals surface area (Å²) in [6.45, 7) is 1.92. The number of amides is 1. The largest absolute Gasteiger partial charge is 0.319 e. The van der Waals surface area contributed by atoms with E-state index in [2.05, 4.69) is 15.5 Å². The lowest BCUT2D eigenvalue weighted by Crippen LogP contribution is -2.14. The zero-order chi connectivity index (χ0) is 16.4. The van der Waals surface area contributed by atoms with E-state index in [9.17, 15) is 13.6 Å². The van der Waals surface area contributed by atoms with E-state index in [1.165, 1.54) is 11.3 Å². The number of rotatable bonds is 4. The van der Waals surface area contributed by atoms with E-state index in [0.29, 0.717) is 17.8 Å². The summed E-state index contributed by atoms with van der Waals surface area (Å²) in [5.74, 6) is -2.18. The number of aromatic nitrogens is 2. The third-order valence-corrected chi connectivity index (χ3v) is 4.04. The van der Waals surface area contributed by atoms with Crippen molar-refractivity contribution in [3.05, 3.63) is 57.9 Å². The van der Waals surface area contributed by atoms with Gasteiger partial charge in [-0.05, 0) is 30.0 Å². The van der Waals surface area contributed by atoms with E-state index in [1.54, 1.807) is 0 Å². The summed E-state index contributed by atoms with van der Waals surface area (Å²) < 4.78 is 26.6. The maximum Gasteiger partial charge on any atom is 0.255 e. The van der Waals surface area contributed by atoms with Crippen LogP contribution in [0, 0.1) is 11.6 Å². The molecule has 3 aromatic rings. The van der Waals surface area contributed by atoms with Crippen molar-refractivity contribution in [1.82, 2.24) is 10.2 Å². The minimum atomic E-state index is -0.795. The van der Waals surface area contributed by atoms with Crippen molar-refractivity contribution < 1.29 is 13.6 Å². The Balaban J connectivity index is 1.96. The molecule has 0 bridgehead atoms. The van der Waals surface area contributed by atoms with E-state index < -0.39 is 17.5 Å². The van der Waals surface area contributed by atoms with Crippen LogP contribution in [-0.4, -0.2) is 16.1 Å². The molecule has 0 aliphatic heterocycles. The van der Waals surface area contributed by atoms with Crippen molar-refractivity contribution in [3.8, 4) is 11.3 Å². The smallest absolute Gasteiger partial charge is 0.255 e. The third kappa shape index (κ3) is 3.14. The molecule has 1 aromatic carbocycles. The SMILES string of the molecule is CCc1[nH]nc(-c2ccsc2)c1NC(=O)c1cc(F)cc(F)c1. The first kappa shape index (κ1) is 15.4. The van der Waals surface area contributed by atoms with E-state index in [1.807, 2.05) is 23.8 Å². The Bertz CT molecular complexity index is 823. The second kappa shape index (κ2) is 6.29. The van der Waals surface area contributed by atoms with Crippen LogP contribution in [-0.2, 0) is 6.42 Å². The summed E-state index contributed by atoms with van der Waals surface area (Å²) in [5.41, 5.74) is 2.67. The molecule has 4 nitrogen and oxygen atoms in total. The van der Waals surface area contributed by atoms with Gasteiger partial charge in [-0.3, -0.25) is 9.89 Å². The van der Waals surface area contributed by atoms with Crippen LogP contribution in [0.15, 0.2) is 35.0 Å². The molecule has 0 saturated carbocycles. The fourth-order valence-corrected chi connectivity index (χ4v) is 2.89. The molecule has 2 aromatic heterocycles. The van der Waals surface area contributed by atoms with Gasteiger partial charge in [0.2, 0.25) is 0 Å². The van der Waals surface area contributed by atoms with E-state index in [4.69, 9.17) is 0 Å². The van der Waals surface area contributed by atoms with Crippen molar-refractivity contribution in [2.45, 2.75) is 13.3 Å². The third-order valence-electron chi connectivity index (χ3n) is 3.35. The van der Waals surface area contributed by atoms with Gasteiger partial charge in [-0.2, -0.15) is 16.4 Å². The molecule has 0 aliphatic rings. The summed E-state index contributed by atoms with van der Waals surface area (Å²) in [7, 11) is 0. The number of nitrogens with zero attached hydrogens (tertiary/aromatic N) is 1. The van der Waals surface area contributed by atoms with Crippen molar-refractivity contribution in [1.29, 1.82) is 0 Å². The fraction of sp³-hybridized carbons (Fsp3) is 0.125. The van der Waals surface area contributed by atoms with Crippen LogP contribution < -0.4 is 5.32 Å². The van der Waals surface area contributed by atoms with Crippen molar-refractivity contribution >= 4 is 22.9 Å². The van der Waals surface area contributed by atoms with Gasteiger partial charge in [0.1, 0.15) is 17.3 Å². The lowest BCUT2D eigenvalue weighted by molar-refractivity contribution is 0.102. The van der Waals surface area contributed by atoms with Crippen molar-refractivity contribution in [2.24, 2.45) is 0 Å². The minimum absolute atomic E-state index is 0.0815. The van der Waals surface area contributed by atoms with Gasteiger partial charge in [0.15, 0.2) is 0 Å². The number of H-pyrrole nitrogens is 1. The lowest BCUT2D eigenvalue weighted by Gasteiger charge is -2.07. The first-order chi connectivity index (χ1) is 11.1.